The summed E-state index contributed by atoms with van der Waals surface area (Å²) in [7, 11) is 0. The number of nitrogens with one attached hydrogen (secondary N) is 2. The van der Waals surface area contributed by atoms with Gasteiger partial charge in [0.2, 0.25) is 0 Å². The largest absolute Gasteiger partial charge is 0.423 e. The second-order valence-electron chi connectivity index (χ2n) is 6.15. The van der Waals surface area contributed by atoms with Gasteiger partial charge in [-0.15, -0.1) is 0 Å². The number of carbonyl (C=O) groups excluding carboxylic acids is 3. The number of Topliss-reactive ketones (excluding diaryl/α,β-unsaturated/α-hetero) is 1. The number of esters is 1. The van der Waals surface area contributed by atoms with Gasteiger partial charge in [-0.3, -0.25) is 4.79 Å². The number of urea groups is 1. The summed E-state index contributed by atoms with van der Waals surface area (Å²) in [4.78, 5) is 35.0. The van der Waals surface area contributed by atoms with Gasteiger partial charge in [-0.25, -0.2) is 9.59 Å². The molecule has 0 heterocycles. The number of ether oxygens (including phenoxy) is 1. The summed E-state index contributed by atoms with van der Waals surface area (Å²) in [5.41, 5.74) is 1.82. The van der Waals surface area contributed by atoms with Gasteiger partial charge in [0.05, 0.1) is 5.56 Å². The van der Waals surface area contributed by atoms with Gasteiger partial charge in [0.25, 0.3) is 0 Å². The highest BCUT2D eigenvalue weighted by Crippen LogP contribution is 2.15. The number of ketones is 1. The topological polar surface area (TPSA) is 84.5 Å². The highest BCUT2D eigenvalue weighted by molar-refractivity contribution is 5.94. The van der Waals surface area contributed by atoms with E-state index < -0.39 is 5.97 Å². The standard InChI is InChI=1S/C20H22N2O4/c1-13(2)22-20(25)21-12-15-4-6-17(7-5-15)19(24)26-18-10-8-16(9-11-18)14(3)23/h4-11,13H,12H2,1-3H3,(H2,21,22,25). The van der Waals surface area contributed by atoms with Crippen LogP contribution in [0.1, 0.15) is 47.1 Å². The second-order valence-corrected chi connectivity index (χ2v) is 6.15. The summed E-state index contributed by atoms with van der Waals surface area (Å²) in [6, 6.07) is 13.0. The molecular formula is C20H22N2O4. The van der Waals surface area contributed by atoms with E-state index in [0.29, 0.717) is 23.4 Å². The van der Waals surface area contributed by atoms with E-state index in [1.807, 2.05) is 13.8 Å². The van der Waals surface area contributed by atoms with E-state index >= 15 is 0 Å². The van der Waals surface area contributed by atoms with Gasteiger partial charge < -0.3 is 15.4 Å². The van der Waals surface area contributed by atoms with Crippen molar-refractivity contribution in [3.05, 3.63) is 65.2 Å². The normalized spacial score (nSPS) is 10.3. The maximum absolute atomic E-state index is 12.2. The minimum absolute atomic E-state index is 0.0471. The van der Waals surface area contributed by atoms with Crippen LogP contribution in [0.3, 0.4) is 0 Å². The van der Waals surface area contributed by atoms with E-state index in [0.717, 1.165) is 5.56 Å². The maximum Gasteiger partial charge on any atom is 0.343 e. The van der Waals surface area contributed by atoms with Crippen LogP contribution in [0.25, 0.3) is 0 Å². The molecule has 26 heavy (non-hydrogen) atoms. The Labute approximate surface area is 152 Å². The Morgan fingerprint density at radius 2 is 1.50 bits per heavy atom. The average Bonchev–Trinajstić information content (AvgIpc) is 2.60. The zero-order valence-electron chi connectivity index (χ0n) is 15.0. The first kappa shape index (κ1) is 19.2. The van der Waals surface area contributed by atoms with Gasteiger partial charge in [0.1, 0.15) is 5.75 Å². The SMILES string of the molecule is CC(=O)c1ccc(OC(=O)c2ccc(CNC(=O)NC(C)C)cc2)cc1. The number of rotatable bonds is 6. The molecule has 0 aliphatic carbocycles. The monoisotopic (exact) mass is 354 g/mol. The minimum atomic E-state index is -0.488. The van der Waals surface area contributed by atoms with Crippen LogP contribution in [0.15, 0.2) is 48.5 Å². The second kappa shape index (κ2) is 8.80. The lowest BCUT2D eigenvalue weighted by molar-refractivity contribution is 0.0734. The Morgan fingerprint density at radius 3 is 2.04 bits per heavy atom. The zero-order chi connectivity index (χ0) is 19.1. The lowest BCUT2D eigenvalue weighted by Crippen LogP contribution is -2.39. The average molecular weight is 354 g/mol. The van der Waals surface area contributed by atoms with E-state index in [1.165, 1.54) is 6.92 Å². The summed E-state index contributed by atoms with van der Waals surface area (Å²) in [5, 5.41) is 5.47. The van der Waals surface area contributed by atoms with Crippen LogP contribution in [0.4, 0.5) is 4.79 Å². The highest BCUT2D eigenvalue weighted by atomic mass is 16.5. The predicted octanol–water partition coefficient (Wildman–Crippen LogP) is 3.32. The molecule has 0 saturated carbocycles. The fourth-order valence-corrected chi connectivity index (χ4v) is 2.18. The van der Waals surface area contributed by atoms with E-state index in [2.05, 4.69) is 10.6 Å². The van der Waals surface area contributed by atoms with Crippen LogP contribution < -0.4 is 15.4 Å². The van der Waals surface area contributed by atoms with Gasteiger partial charge >= 0.3 is 12.0 Å². The summed E-state index contributed by atoms with van der Waals surface area (Å²) in [5.74, 6) is -0.164. The van der Waals surface area contributed by atoms with Crippen LogP contribution in [0, 0.1) is 0 Å². The van der Waals surface area contributed by atoms with E-state index in [4.69, 9.17) is 4.74 Å². The van der Waals surface area contributed by atoms with Crippen molar-refractivity contribution in [2.75, 3.05) is 0 Å². The Balaban J connectivity index is 1.91. The molecule has 0 aliphatic rings. The van der Waals surface area contributed by atoms with Crippen LogP contribution in [0.2, 0.25) is 0 Å². The quantitative estimate of drug-likeness (QED) is 0.473. The molecule has 6 nitrogen and oxygen atoms in total. The molecule has 0 bridgehead atoms. The summed E-state index contributed by atoms with van der Waals surface area (Å²) in [6.07, 6.45) is 0. The van der Waals surface area contributed by atoms with Crippen molar-refractivity contribution in [2.24, 2.45) is 0 Å². The molecule has 2 aromatic rings. The fourth-order valence-electron chi connectivity index (χ4n) is 2.18. The lowest BCUT2D eigenvalue weighted by atomic mass is 10.1. The number of amides is 2. The van der Waals surface area contributed by atoms with Crippen LogP contribution in [-0.2, 0) is 6.54 Å². The third-order valence-electron chi connectivity index (χ3n) is 3.53. The first-order valence-electron chi connectivity index (χ1n) is 8.31. The van der Waals surface area contributed by atoms with Crippen molar-refractivity contribution in [1.82, 2.24) is 10.6 Å². The molecule has 0 radical (unpaired) electrons. The van der Waals surface area contributed by atoms with E-state index in [9.17, 15) is 14.4 Å². The van der Waals surface area contributed by atoms with Crippen LogP contribution >= 0.6 is 0 Å². The van der Waals surface area contributed by atoms with Gasteiger partial charge in [-0.1, -0.05) is 12.1 Å². The molecule has 0 atom stereocenters. The van der Waals surface area contributed by atoms with Gasteiger partial charge in [0.15, 0.2) is 5.78 Å². The van der Waals surface area contributed by atoms with Crippen LogP contribution in [0.5, 0.6) is 5.75 Å². The summed E-state index contributed by atoms with van der Waals surface area (Å²) in [6.45, 7) is 5.60. The Morgan fingerprint density at radius 1 is 0.923 bits per heavy atom. The van der Waals surface area contributed by atoms with Crippen molar-refractivity contribution in [2.45, 2.75) is 33.4 Å². The maximum atomic E-state index is 12.2. The first-order chi connectivity index (χ1) is 12.3. The van der Waals surface area contributed by atoms with Crippen molar-refractivity contribution in [1.29, 1.82) is 0 Å². The molecule has 0 fully saturated rings. The Kier molecular flexibility index (Phi) is 6.49. The number of carbonyl (C=O) groups is 3. The van der Waals surface area contributed by atoms with Gasteiger partial charge in [-0.2, -0.15) is 0 Å². The van der Waals surface area contributed by atoms with Crippen molar-refractivity contribution >= 4 is 17.8 Å². The number of hydrogen-bond acceptors (Lipinski definition) is 4. The molecule has 0 aromatic heterocycles. The fraction of sp³-hybridized carbons (Fsp3) is 0.250. The summed E-state index contributed by atoms with van der Waals surface area (Å²) < 4.78 is 5.29. The van der Waals surface area contributed by atoms with Crippen molar-refractivity contribution < 1.29 is 19.1 Å². The number of benzene rings is 2. The molecule has 2 aromatic carbocycles. The van der Waals surface area contributed by atoms with Crippen molar-refractivity contribution in [3.63, 3.8) is 0 Å². The number of hydrogen-bond donors (Lipinski definition) is 2. The van der Waals surface area contributed by atoms with Gasteiger partial charge in [0, 0.05) is 18.2 Å². The zero-order valence-corrected chi connectivity index (χ0v) is 15.0. The Bertz CT molecular complexity index is 780. The first-order valence-corrected chi connectivity index (χ1v) is 8.31. The Hall–Kier alpha value is -3.15. The molecule has 2 amide bonds. The van der Waals surface area contributed by atoms with Crippen molar-refractivity contribution in [3.8, 4) is 5.75 Å². The van der Waals surface area contributed by atoms with E-state index in [1.54, 1.807) is 48.5 Å². The highest BCUT2D eigenvalue weighted by Gasteiger charge is 2.09. The molecule has 0 spiro atoms. The molecule has 0 aliphatic heterocycles. The molecular weight excluding hydrogens is 332 g/mol. The van der Waals surface area contributed by atoms with Crippen LogP contribution in [-0.4, -0.2) is 23.8 Å². The molecule has 136 valence electrons. The molecule has 2 rings (SSSR count). The lowest BCUT2D eigenvalue weighted by Gasteiger charge is -2.10. The molecule has 6 heteroatoms. The third kappa shape index (κ3) is 5.73. The molecule has 2 N–H and O–H groups in total. The van der Waals surface area contributed by atoms with E-state index in [-0.39, 0.29) is 17.9 Å². The third-order valence-corrected chi connectivity index (χ3v) is 3.53. The summed E-state index contributed by atoms with van der Waals surface area (Å²) >= 11 is 0. The predicted molar refractivity (Wildman–Crippen MR) is 98.4 cm³/mol. The van der Waals surface area contributed by atoms with Gasteiger partial charge in [-0.05, 0) is 62.7 Å². The smallest absolute Gasteiger partial charge is 0.343 e. The minimum Gasteiger partial charge on any atom is -0.423 e. The molecule has 0 unspecified atom stereocenters. The molecule has 0 saturated heterocycles.